The van der Waals surface area contributed by atoms with Crippen molar-refractivity contribution in [3.63, 3.8) is 0 Å². The van der Waals surface area contributed by atoms with Crippen molar-refractivity contribution in [2.75, 3.05) is 44.7 Å². The quantitative estimate of drug-likeness (QED) is 0.501. The van der Waals surface area contributed by atoms with Gasteiger partial charge in [-0.15, -0.1) is 0 Å². The van der Waals surface area contributed by atoms with Crippen molar-refractivity contribution in [2.45, 2.75) is 13.0 Å². The lowest BCUT2D eigenvalue weighted by Gasteiger charge is -2.36. The van der Waals surface area contributed by atoms with Gasteiger partial charge in [0, 0.05) is 55.1 Å². The Morgan fingerprint density at radius 3 is 2.56 bits per heavy atom. The standard InChI is InChI=1S/C22H26FN5O4/c1-15(19-13-17(23)6-7-20(19)27-10-8-26(2)9-11-27)25-21(29)14-24-22(30)16-4-3-5-18(12-16)28(31)32/h3-7,12-13,15H,8-11,14H2,1-2H3,(H,24,30)(H,25,29). The van der Waals surface area contributed by atoms with E-state index in [1.54, 1.807) is 13.0 Å². The van der Waals surface area contributed by atoms with Crippen molar-refractivity contribution < 1.29 is 18.9 Å². The third kappa shape index (κ3) is 5.79. The molecule has 3 rings (SSSR count). The van der Waals surface area contributed by atoms with E-state index in [4.69, 9.17) is 0 Å². The van der Waals surface area contributed by atoms with Crippen LogP contribution in [0, 0.1) is 15.9 Å². The van der Waals surface area contributed by atoms with Crippen LogP contribution in [0.2, 0.25) is 0 Å². The van der Waals surface area contributed by atoms with E-state index < -0.39 is 28.6 Å². The second-order valence-corrected chi connectivity index (χ2v) is 7.77. The predicted molar refractivity (Wildman–Crippen MR) is 118 cm³/mol. The molecule has 2 N–H and O–H groups in total. The van der Waals surface area contributed by atoms with Crippen LogP contribution < -0.4 is 15.5 Å². The number of carbonyl (C=O) groups is 2. The fraction of sp³-hybridized carbons (Fsp3) is 0.364. The number of amides is 2. The number of hydrogen-bond acceptors (Lipinski definition) is 6. The van der Waals surface area contributed by atoms with Gasteiger partial charge in [-0.2, -0.15) is 0 Å². The second-order valence-electron chi connectivity index (χ2n) is 7.77. The third-order valence-electron chi connectivity index (χ3n) is 5.41. The average molecular weight is 443 g/mol. The Labute approximate surface area is 185 Å². The van der Waals surface area contributed by atoms with Crippen molar-refractivity contribution in [1.29, 1.82) is 0 Å². The number of piperazine rings is 1. The van der Waals surface area contributed by atoms with Crippen LogP contribution in [0.5, 0.6) is 0 Å². The molecular weight excluding hydrogens is 417 g/mol. The molecule has 1 unspecified atom stereocenters. The molecule has 170 valence electrons. The first kappa shape index (κ1) is 23.1. The number of anilines is 1. The lowest BCUT2D eigenvalue weighted by molar-refractivity contribution is -0.384. The minimum Gasteiger partial charge on any atom is -0.369 e. The summed E-state index contributed by atoms with van der Waals surface area (Å²) < 4.78 is 14.0. The summed E-state index contributed by atoms with van der Waals surface area (Å²) in [5, 5.41) is 16.1. The van der Waals surface area contributed by atoms with Gasteiger partial charge in [0.05, 0.1) is 17.5 Å². The molecule has 1 saturated heterocycles. The molecule has 0 bridgehead atoms. The van der Waals surface area contributed by atoms with Crippen molar-refractivity contribution in [1.82, 2.24) is 15.5 Å². The molecule has 1 atom stereocenters. The molecule has 2 amide bonds. The van der Waals surface area contributed by atoms with Crippen molar-refractivity contribution in [3.05, 3.63) is 69.5 Å². The summed E-state index contributed by atoms with van der Waals surface area (Å²) >= 11 is 0. The zero-order chi connectivity index (χ0) is 23.3. The minimum atomic E-state index is -0.597. The monoisotopic (exact) mass is 443 g/mol. The van der Waals surface area contributed by atoms with Crippen molar-refractivity contribution in [3.8, 4) is 0 Å². The number of benzene rings is 2. The van der Waals surface area contributed by atoms with E-state index in [9.17, 15) is 24.1 Å². The number of nitro groups is 1. The molecule has 0 saturated carbocycles. The molecule has 1 heterocycles. The van der Waals surface area contributed by atoms with Crippen LogP contribution in [0.1, 0.15) is 28.9 Å². The van der Waals surface area contributed by atoms with E-state index in [1.165, 1.54) is 30.3 Å². The van der Waals surface area contributed by atoms with Gasteiger partial charge in [0.15, 0.2) is 0 Å². The topological polar surface area (TPSA) is 108 Å². The Hall–Kier alpha value is -3.53. The molecular formula is C22H26FN5O4. The number of halogens is 1. The molecule has 0 radical (unpaired) electrons. The molecule has 32 heavy (non-hydrogen) atoms. The van der Waals surface area contributed by atoms with Crippen molar-refractivity contribution >= 4 is 23.2 Å². The molecule has 1 aliphatic rings. The number of carbonyl (C=O) groups excluding carboxylic acids is 2. The van der Waals surface area contributed by atoms with Crippen LogP contribution >= 0.6 is 0 Å². The smallest absolute Gasteiger partial charge is 0.270 e. The Balaban J connectivity index is 1.62. The Morgan fingerprint density at radius 1 is 1.16 bits per heavy atom. The lowest BCUT2D eigenvalue weighted by Crippen LogP contribution is -2.45. The van der Waals surface area contributed by atoms with Gasteiger partial charge in [0.1, 0.15) is 5.82 Å². The molecule has 10 heteroatoms. The third-order valence-corrected chi connectivity index (χ3v) is 5.41. The van der Waals surface area contributed by atoms with Crippen LogP contribution in [0.3, 0.4) is 0 Å². The highest BCUT2D eigenvalue weighted by molar-refractivity contribution is 5.97. The number of likely N-dealkylation sites (N-methyl/N-ethyl adjacent to an activating group) is 1. The summed E-state index contributed by atoms with van der Waals surface area (Å²) in [6.07, 6.45) is 0. The van der Waals surface area contributed by atoms with Crippen LogP contribution in [-0.4, -0.2) is 61.4 Å². The summed E-state index contributed by atoms with van der Waals surface area (Å²) in [5.41, 5.74) is 1.40. The second kappa shape index (κ2) is 10.2. The first-order valence-corrected chi connectivity index (χ1v) is 10.3. The molecule has 9 nitrogen and oxygen atoms in total. The summed E-state index contributed by atoms with van der Waals surface area (Å²) in [5.74, 6) is -1.44. The average Bonchev–Trinajstić information content (AvgIpc) is 2.78. The van der Waals surface area contributed by atoms with Crippen LogP contribution in [-0.2, 0) is 4.79 Å². The molecule has 0 aromatic heterocycles. The number of rotatable bonds is 7. The van der Waals surface area contributed by atoms with Gasteiger partial charge in [-0.1, -0.05) is 6.07 Å². The van der Waals surface area contributed by atoms with E-state index in [-0.39, 0.29) is 17.8 Å². The first-order valence-electron chi connectivity index (χ1n) is 10.3. The van der Waals surface area contributed by atoms with E-state index in [0.717, 1.165) is 37.9 Å². The molecule has 2 aromatic carbocycles. The van der Waals surface area contributed by atoms with E-state index in [0.29, 0.717) is 5.56 Å². The Kier molecular flexibility index (Phi) is 7.37. The summed E-state index contributed by atoms with van der Waals surface area (Å²) in [6, 6.07) is 9.32. The number of nitro benzene ring substituents is 1. The largest absolute Gasteiger partial charge is 0.369 e. The predicted octanol–water partition coefficient (Wildman–Crippen LogP) is 2.09. The van der Waals surface area contributed by atoms with Gasteiger partial charge in [-0.3, -0.25) is 19.7 Å². The zero-order valence-electron chi connectivity index (χ0n) is 18.0. The Morgan fingerprint density at radius 2 is 1.88 bits per heavy atom. The van der Waals surface area contributed by atoms with Gasteiger partial charge < -0.3 is 20.4 Å². The fourth-order valence-corrected chi connectivity index (χ4v) is 3.60. The maximum Gasteiger partial charge on any atom is 0.270 e. The molecule has 0 spiro atoms. The normalized spacial score (nSPS) is 15.2. The van der Waals surface area contributed by atoms with Gasteiger partial charge in [0.2, 0.25) is 5.91 Å². The maximum atomic E-state index is 14.0. The van der Waals surface area contributed by atoms with Crippen LogP contribution in [0.25, 0.3) is 0 Å². The highest BCUT2D eigenvalue weighted by atomic mass is 19.1. The summed E-state index contributed by atoms with van der Waals surface area (Å²) in [6.45, 7) is 4.83. The van der Waals surface area contributed by atoms with Gasteiger partial charge in [-0.05, 0) is 38.2 Å². The fourth-order valence-electron chi connectivity index (χ4n) is 3.60. The molecule has 0 aliphatic carbocycles. The highest BCUT2D eigenvalue weighted by Crippen LogP contribution is 2.28. The first-order chi connectivity index (χ1) is 15.2. The minimum absolute atomic E-state index is 0.0857. The summed E-state index contributed by atoms with van der Waals surface area (Å²) in [4.78, 5) is 39.3. The number of nitrogens with zero attached hydrogens (tertiary/aromatic N) is 3. The van der Waals surface area contributed by atoms with Gasteiger partial charge in [-0.25, -0.2) is 4.39 Å². The van der Waals surface area contributed by atoms with Crippen LogP contribution in [0.4, 0.5) is 15.8 Å². The number of nitrogens with one attached hydrogen (secondary N) is 2. The van der Waals surface area contributed by atoms with Gasteiger partial charge in [0.25, 0.3) is 11.6 Å². The van der Waals surface area contributed by atoms with Crippen molar-refractivity contribution in [2.24, 2.45) is 0 Å². The Bertz CT molecular complexity index is 1010. The lowest BCUT2D eigenvalue weighted by atomic mass is 10.0. The van der Waals surface area contributed by atoms with Crippen LogP contribution in [0.15, 0.2) is 42.5 Å². The number of hydrogen-bond donors (Lipinski definition) is 2. The van der Waals surface area contributed by atoms with E-state index in [1.807, 2.05) is 7.05 Å². The zero-order valence-corrected chi connectivity index (χ0v) is 18.0. The number of non-ortho nitro benzene ring substituents is 1. The SMILES string of the molecule is CC(NC(=O)CNC(=O)c1cccc([N+](=O)[O-])c1)c1cc(F)ccc1N1CCN(C)CC1. The highest BCUT2D eigenvalue weighted by Gasteiger charge is 2.21. The van der Waals surface area contributed by atoms with Gasteiger partial charge >= 0.3 is 0 Å². The van der Waals surface area contributed by atoms with E-state index >= 15 is 0 Å². The van der Waals surface area contributed by atoms with E-state index in [2.05, 4.69) is 20.4 Å². The molecule has 1 fully saturated rings. The molecule has 1 aliphatic heterocycles. The molecule has 2 aromatic rings. The summed E-state index contributed by atoms with van der Waals surface area (Å²) in [7, 11) is 2.05. The maximum absolute atomic E-state index is 14.0.